The van der Waals surface area contributed by atoms with Crippen LogP contribution >= 0.6 is 11.3 Å². The molecule has 6 heteroatoms. The van der Waals surface area contributed by atoms with E-state index in [2.05, 4.69) is 23.9 Å². The number of anilines is 2. The van der Waals surface area contributed by atoms with Crippen molar-refractivity contribution in [3.05, 3.63) is 10.9 Å². The van der Waals surface area contributed by atoms with E-state index in [9.17, 15) is 4.79 Å². The minimum atomic E-state index is -0.438. The van der Waals surface area contributed by atoms with Crippen molar-refractivity contribution in [1.29, 1.82) is 0 Å². The van der Waals surface area contributed by atoms with Gasteiger partial charge in [-0.3, -0.25) is 4.79 Å². The van der Waals surface area contributed by atoms with E-state index in [-0.39, 0.29) is 0 Å². The van der Waals surface area contributed by atoms with Gasteiger partial charge in [0.1, 0.15) is 4.88 Å². The maximum absolute atomic E-state index is 11.2. The lowest BCUT2D eigenvalue weighted by Crippen LogP contribution is -2.41. The van der Waals surface area contributed by atoms with Crippen LogP contribution in [0.4, 0.5) is 10.7 Å². The van der Waals surface area contributed by atoms with E-state index in [0.29, 0.717) is 16.6 Å². The second-order valence-corrected chi connectivity index (χ2v) is 5.95. The lowest BCUT2D eigenvalue weighted by molar-refractivity contribution is 0.100. The third-order valence-corrected chi connectivity index (χ3v) is 4.70. The van der Waals surface area contributed by atoms with E-state index >= 15 is 0 Å². The van der Waals surface area contributed by atoms with Crippen molar-refractivity contribution in [2.75, 3.05) is 37.8 Å². The maximum atomic E-state index is 11.2. The normalized spacial score (nSPS) is 17.4. The summed E-state index contributed by atoms with van der Waals surface area (Å²) in [5.74, 6) is -0.438. The van der Waals surface area contributed by atoms with Crippen LogP contribution in [0.25, 0.3) is 0 Å². The molecular formula is C12H20N4OS. The first-order valence-electron chi connectivity index (χ1n) is 6.09. The van der Waals surface area contributed by atoms with Crippen LogP contribution in [0.5, 0.6) is 0 Å². The van der Waals surface area contributed by atoms with Gasteiger partial charge in [-0.25, -0.2) is 0 Å². The van der Waals surface area contributed by atoms with Gasteiger partial charge in [-0.1, -0.05) is 0 Å². The van der Waals surface area contributed by atoms with Crippen molar-refractivity contribution in [3.8, 4) is 0 Å². The zero-order valence-electron chi connectivity index (χ0n) is 10.8. The molecule has 0 unspecified atom stereocenters. The Labute approximate surface area is 111 Å². The molecular weight excluding hydrogens is 248 g/mol. The smallest absolute Gasteiger partial charge is 0.260 e. The third kappa shape index (κ3) is 2.59. The van der Waals surface area contributed by atoms with Gasteiger partial charge < -0.3 is 21.3 Å². The van der Waals surface area contributed by atoms with E-state index in [1.807, 2.05) is 6.07 Å². The second kappa shape index (κ2) is 5.16. The Morgan fingerprint density at radius 1 is 1.44 bits per heavy atom. The summed E-state index contributed by atoms with van der Waals surface area (Å²) in [7, 11) is 4.24. The predicted octanol–water partition coefficient (Wildman–Crippen LogP) is 0.960. The molecule has 0 saturated carbocycles. The molecule has 1 amide bonds. The number of nitrogens with zero attached hydrogens (tertiary/aromatic N) is 2. The molecule has 0 spiro atoms. The highest BCUT2D eigenvalue weighted by Gasteiger charge is 2.23. The molecule has 1 aliphatic rings. The molecule has 0 atom stereocenters. The molecule has 1 aromatic rings. The fourth-order valence-electron chi connectivity index (χ4n) is 2.34. The first-order chi connectivity index (χ1) is 8.49. The van der Waals surface area contributed by atoms with Crippen LogP contribution in [0.1, 0.15) is 22.5 Å². The monoisotopic (exact) mass is 268 g/mol. The van der Waals surface area contributed by atoms with Crippen LogP contribution in [0, 0.1) is 0 Å². The van der Waals surface area contributed by atoms with E-state index in [1.54, 1.807) is 0 Å². The molecule has 0 radical (unpaired) electrons. The number of carbonyl (C=O) groups excluding carboxylic acids is 1. The molecule has 2 rings (SSSR count). The average Bonchev–Trinajstić information content (AvgIpc) is 2.71. The van der Waals surface area contributed by atoms with Gasteiger partial charge in [0.15, 0.2) is 0 Å². The molecule has 1 saturated heterocycles. The summed E-state index contributed by atoms with van der Waals surface area (Å²) >= 11 is 1.40. The standard InChI is InChI=1S/C12H20N4OS/c1-15(2)8-3-5-16(6-4-8)10-7-9(13)11(18-10)12(14)17/h7-8H,3-6,13H2,1-2H3,(H2,14,17). The molecule has 2 heterocycles. The Morgan fingerprint density at radius 2 is 2.06 bits per heavy atom. The first-order valence-corrected chi connectivity index (χ1v) is 6.91. The zero-order chi connectivity index (χ0) is 13.3. The zero-order valence-corrected chi connectivity index (χ0v) is 11.7. The summed E-state index contributed by atoms with van der Waals surface area (Å²) in [4.78, 5) is 16.2. The molecule has 100 valence electrons. The second-order valence-electron chi connectivity index (χ2n) is 4.92. The van der Waals surface area contributed by atoms with Crippen molar-refractivity contribution in [2.24, 2.45) is 5.73 Å². The largest absolute Gasteiger partial charge is 0.397 e. The SMILES string of the molecule is CN(C)C1CCN(c2cc(N)c(C(N)=O)s2)CC1. The first kappa shape index (κ1) is 13.2. The quantitative estimate of drug-likeness (QED) is 0.856. The van der Waals surface area contributed by atoms with Crippen LogP contribution in [-0.2, 0) is 0 Å². The van der Waals surface area contributed by atoms with E-state index in [1.165, 1.54) is 11.3 Å². The minimum absolute atomic E-state index is 0.438. The number of nitrogen functional groups attached to an aromatic ring is 1. The summed E-state index contributed by atoms with van der Waals surface area (Å²) in [5.41, 5.74) is 11.6. The molecule has 5 nitrogen and oxygen atoms in total. The van der Waals surface area contributed by atoms with Gasteiger partial charge in [0.2, 0.25) is 0 Å². The lowest BCUT2D eigenvalue weighted by Gasteiger charge is -2.35. The number of carbonyl (C=O) groups is 1. The maximum Gasteiger partial charge on any atom is 0.260 e. The average molecular weight is 268 g/mol. The lowest BCUT2D eigenvalue weighted by atomic mass is 10.0. The molecule has 4 N–H and O–H groups in total. The summed E-state index contributed by atoms with van der Waals surface area (Å²) in [6.45, 7) is 2.00. The minimum Gasteiger partial charge on any atom is -0.397 e. The van der Waals surface area contributed by atoms with Gasteiger partial charge >= 0.3 is 0 Å². The van der Waals surface area contributed by atoms with Crippen molar-refractivity contribution in [2.45, 2.75) is 18.9 Å². The topological polar surface area (TPSA) is 75.6 Å². The Balaban J connectivity index is 2.06. The van der Waals surface area contributed by atoms with E-state index in [0.717, 1.165) is 30.9 Å². The van der Waals surface area contributed by atoms with Crippen molar-refractivity contribution in [3.63, 3.8) is 0 Å². The molecule has 0 aromatic carbocycles. The number of nitrogens with two attached hydrogens (primary N) is 2. The van der Waals surface area contributed by atoms with E-state index < -0.39 is 5.91 Å². The van der Waals surface area contributed by atoms with Crippen LogP contribution in [0.3, 0.4) is 0 Å². The van der Waals surface area contributed by atoms with Gasteiger partial charge in [-0.15, -0.1) is 11.3 Å². The summed E-state index contributed by atoms with van der Waals surface area (Å²) in [6.07, 6.45) is 2.27. The molecule has 1 aromatic heterocycles. The van der Waals surface area contributed by atoms with E-state index in [4.69, 9.17) is 11.5 Å². The molecule has 1 fully saturated rings. The van der Waals surface area contributed by atoms with Gasteiger partial charge in [0, 0.05) is 19.1 Å². The third-order valence-electron chi connectivity index (χ3n) is 3.48. The molecule has 0 aliphatic carbocycles. The summed E-state index contributed by atoms with van der Waals surface area (Å²) in [6, 6.07) is 2.51. The van der Waals surface area contributed by atoms with Gasteiger partial charge in [0.05, 0.1) is 10.7 Å². The summed E-state index contributed by atoms with van der Waals surface area (Å²) < 4.78 is 0. The number of hydrogen-bond acceptors (Lipinski definition) is 5. The van der Waals surface area contributed by atoms with Crippen LogP contribution < -0.4 is 16.4 Å². The van der Waals surface area contributed by atoms with Crippen LogP contribution in [0.2, 0.25) is 0 Å². The van der Waals surface area contributed by atoms with Gasteiger partial charge in [-0.2, -0.15) is 0 Å². The number of piperidine rings is 1. The summed E-state index contributed by atoms with van der Waals surface area (Å²) in [5, 5.41) is 1.05. The Morgan fingerprint density at radius 3 is 2.50 bits per heavy atom. The molecule has 0 bridgehead atoms. The number of rotatable bonds is 3. The number of thiophene rings is 1. The van der Waals surface area contributed by atoms with Crippen molar-refractivity contribution >= 4 is 27.9 Å². The van der Waals surface area contributed by atoms with Crippen LogP contribution in [-0.4, -0.2) is 44.0 Å². The van der Waals surface area contributed by atoms with Crippen LogP contribution in [0.15, 0.2) is 6.07 Å². The Kier molecular flexibility index (Phi) is 3.77. The predicted molar refractivity (Wildman–Crippen MR) is 76.2 cm³/mol. The molecule has 1 aliphatic heterocycles. The molecule has 18 heavy (non-hydrogen) atoms. The van der Waals surface area contributed by atoms with Gasteiger partial charge in [-0.05, 0) is 33.0 Å². The fraction of sp³-hybridized carbons (Fsp3) is 0.583. The highest BCUT2D eigenvalue weighted by Crippen LogP contribution is 2.33. The highest BCUT2D eigenvalue weighted by molar-refractivity contribution is 7.18. The fourth-order valence-corrected chi connectivity index (χ4v) is 3.33. The Bertz CT molecular complexity index is 435. The highest BCUT2D eigenvalue weighted by atomic mass is 32.1. The number of hydrogen-bond donors (Lipinski definition) is 2. The van der Waals surface area contributed by atoms with Crippen molar-refractivity contribution < 1.29 is 4.79 Å². The van der Waals surface area contributed by atoms with Crippen molar-refractivity contribution in [1.82, 2.24) is 4.90 Å². The number of primary amides is 1. The Hall–Kier alpha value is -1.27. The number of amides is 1. The van der Waals surface area contributed by atoms with Gasteiger partial charge in [0.25, 0.3) is 5.91 Å².